The van der Waals surface area contributed by atoms with E-state index in [1.165, 1.54) is 0 Å². The second-order valence-electron chi connectivity index (χ2n) is 3.17. The SMILES string of the molecule is CC.CNc1nc(C)c(NC)c2nccnc12. The topological polar surface area (TPSA) is 62.7 Å². The molecule has 5 nitrogen and oxygen atoms in total. The minimum atomic E-state index is 0.759. The van der Waals surface area contributed by atoms with Crippen LogP contribution in [0, 0.1) is 6.92 Å². The number of rotatable bonds is 2. The van der Waals surface area contributed by atoms with Crippen molar-refractivity contribution in [3.8, 4) is 0 Å². The molecule has 0 bridgehead atoms. The standard InChI is InChI=1S/C10H13N5.C2H6/c1-6-7(11-2)8-9(10(12-3)15-6)14-5-4-13-8;1-2/h4-5,11H,1-3H3,(H,12,15);1-2H3. The number of hydrogen-bond donors (Lipinski definition) is 2. The lowest BCUT2D eigenvalue weighted by atomic mass is 10.2. The van der Waals surface area contributed by atoms with Gasteiger partial charge in [-0.15, -0.1) is 0 Å². The number of fused-ring (bicyclic) bond motifs is 1. The Bertz CT molecular complexity index is 495. The third-order valence-electron chi connectivity index (χ3n) is 2.29. The van der Waals surface area contributed by atoms with Crippen LogP contribution >= 0.6 is 0 Å². The van der Waals surface area contributed by atoms with Crippen LogP contribution in [0.2, 0.25) is 0 Å². The molecule has 0 amide bonds. The molecule has 0 aromatic carbocycles. The molecule has 0 radical (unpaired) electrons. The fraction of sp³-hybridized carbons (Fsp3) is 0.417. The summed E-state index contributed by atoms with van der Waals surface area (Å²) in [5.74, 6) is 0.759. The molecule has 2 N–H and O–H groups in total. The van der Waals surface area contributed by atoms with Gasteiger partial charge < -0.3 is 10.6 Å². The first-order chi connectivity index (χ1) is 8.27. The predicted octanol–water partition coefficient (Wildman–Crippen LogP) is 2.44. The summed E-state index contributed by atoms with van der Waals surface area (Å²) < 4.78 is 0. The molecule has 0 saturated heterocycles. The minimum absolute atomic E-state index is 0.759. The zero-order valence-corrected chi connectivity index (χ0v) is 11.0. The molecule has 0 fully saturated rings. The smallest absolute Gasteiger partial charge is 0.154 e. The van der Waals surface area contributed by atoms with Crippen LogP contribution in [0.1, 0.15) is 19.5 Å². The summed E-state index contributed by atoms with van der Waals surface area (Å²) in [5.41, 5.74) is 3.47. The van der Waals surface area contributed by atoms with Crippen LogP contribution in [0.5, 0.6) is 0 Å². The van der Waals surface area contributed by atoms with E-state index in [9.17, 15) is 0 Å². The van der Waals surface area contributed by atoms with Crippen LogP contribution < -0.4 is 10.6 Å². The largest absolute Gasteiger partial charge is 0.385 e. The maximum Gasteiger partial charge on any atom is 0.154 e. The van der Waals surface area contributed by atoms with Gasteiger partial charge >= 0.3 is 0 Å². The Morgan fingerprint density at radius 1 is 0.941 bits per heavy atom. The van der Waals surface area contributed by atoms with E-state index in [1.807, 2.05) is 34.9 Å². The van der Waals surface area contributed by atoms with E-state index >= 15 is 0 Å². The van der Waals surface area contributed by atoms with E-state index in [0.717, 1.165) is 28.2 Å². The maximum atomic E-state index is 4.41. The van der Waals surface area contributed by atoms with Gasteiger partial charge in [0.15, 0.2) is 5.82 Å². The summed E-state index contributed by atoms with van der Waals surface area (Å²) in [7, 11) is 3.69. The molecule has 92 valence electrons. The summed E-state index contributed by atoms with van der Waals surface area (Å²) in [6.45, 7) is 5.95. The Morgan fingerprint density at radius 3 is 2.06 bits per heavy atom. The fourth-order valence-corrected chi connectivity index (χ4v) is 1.62. The molecule has 2 rings (SSSR count). The zero-order chi connectivity index (χ0) is 12.8. The van der Waals surface area contributed by atoms with Crippen molar-refractivity contribution < 1.29 is 0 Å². The average molecular weight is 233 g/mol. The molecular formula is C12H19N5. The molecule has 0 aliphatic carbocycles. The molecule has 0 aliphatic heterocycles. The number of nitrogens with zero attached hydrogens (tertiary/aromatic N) is 3. The van der Waals surface area contributed by atoms with Crippen LogP contribution in [0.3, 0.4) is 0 Å². The number of pyridine rings is 1. The highest BCUT2D eigenvalue weighted by molar-refractivity contribution is 5.95. The van der Waals surface area contributed by atoms with Crippen molar-refractivity contribution in [2.45, 2.75) is 20.8 Å². The monoisotopic (exact) mass is 233 g/mol. The zero-order valence-electron chi connectivity index (χ0n) is 11.0. The first kappa shape index (κ1) is 13.2. The average Bonchev–Trinajstić information content (AvgIpc) is 2.40. The number of aromatic nitrogens is 3. The van der Waals surface area contributed by atoms with Gasteiger partial charge in [-0.05, 0) is 6.92 Å². The number of aryl methyl sites for hydroxylation is 1. The Balaban J connectivity index is 0.000000686. The second kappa shape index (κ2) is 5.98. The lowest BCUT2D eigenvalue weighted by Crippen LogP contribution is -2.03. The van der Waals surface area contributed by atoms with Crippen molar-refractivity contribution in [2.24, 2.45) is 0 Å². The van der Waals surface area contributed by atoms with Gasteiger partial charge in [-0.2, -0.15) is 0 Å². The molecule has 17 heavy (non-hydrogen) atoms. The molecule has 0 spiro atoms. The Hall–Kier alpha value is -1.91. The Labute approximate surface area is 102 Å². The summed E-state index contributed by atoms with van der Waals surface area (Å²) in [6, 6.07) is 0. The van der Waals surface area contributed by atoms with Crippen molar-refractivity contribution >= 4 is 22.5 Å². The van der Waals surface area contributed by atoms with Crippen LogP contribution in [-0.2, 0) is 0 Å². The van der Waals surface area contributed by atoms with Crippen molar-refractivity contribution in [3.05, 3.63) is 18.1 Å². The lowest BCUT2D eigenvalue weighted by molar-refractivity contribution is 1.17. The van der Waals surface area contributed by atoms with Gasteiger partial charge in [0, 0.05) is 26.5 Å². The van der Waals surface area contributed by atoms with Gasteiger partial charge in [0.1, 0.15) is 11.0 Å². The summed E-state index contributed by atoms with van der Waals surface area (Å²) >= 11 is 0. The van der Waals surface area contributed by atoms with E-state index in [1.54, 1.807) is 12.4 Å². The first-order valence-corrected chi connectivity index (χ1v) is 5.74. The van der Waals surface area contributed by atoms with Crippen LogP contribution in [0.25, 0.3) is 11.0 Å². The summed E-state index contributed by atoms with van der Waals surface area (Å²) in [4.78, 5) is 13.0. The van der Waals surface area contributed by atoms with Gasteiger partial charge in [-0.3, -0.25) is 4.98 Å². The molecule has 2 heterocycles. The maximum absolute atomic E-state index is 4.41. The van der Waals surface area contributed by atoms with Crippen molar-refractivity contribution in [3.63, 3.8) is 0 Å². The highest BCUT2D eigenvalue weighted by Crippen LogP contribution is 2.26. The van der Waals surface area contributed by atoms with Gasteiger partial charge in [-0.25, -0.2) is 9.97 Å². The third-order valence-corrected chi connectivity index (χ3v) is 2.29. The van der Waals surface area contributed by atoms with E-state index in [4.69, 9.17) is 0 Å². The molecule has 2 aromatic heterocycles. The first-order valence-electron chi connectivity index (χ1n) is 5.74. The minimum Gasteiger partial charge on any atom is -0.385 e. The van der Waals surface area contributed by atoms with E-state index in [2.05, 4.69) is 25.6 Å². The Morgan fingerprint density at radius 2 is 1.53 bits per heavy atom. The summed E-state index contributed by atoms with van der Waals surface area (Å²) in [5, 5.41) is 6.12. The van der Waals surface area contributed by atoms with Crippen LogP contribution in [0.15, 0.2) is 12.4 Å². The molecular weight excluding hydrogens is 214 g/mol. The number of hydrogen-bond acceptors (Lipinski definition) is 5. The van der Waals surface area contributed by atoms with Crippen molar-refractivity contribution in [2.75, 3.05) is 24.7 Å². The van der Waals surface area contributed by atoms with Crippen molar-refractivity contribution in [1.82, 2.24) is 15.0 Å². The molecule has 0 unspecified atom stereocenters. The van der Waals surface area contributed by atoms with Crippen LogP contribution in [-0.4, -0.2) is 29.0 Å². The summed E-state index contributed by atoms with van der Waals surface area (Å²) in [6.07, 6.45) is 3.35. The lowest BCUT2D eigenvalue weighted by Gasteiger charge is -2.10. The quantitative estimate of drug-likeness (QED) is 0.834. The van der Waals surface area contributed by atoms with Gasteiger partial charge in [0.25, 0.3) is 0 Å². The number of nitrogens with one attached hydrogen (secondary N) is 2. The normalized spacial score (nSPS) is 9.47. The molecule has 5 heteroatoms. The van der Waals surface area contributed by atoms with Gasteiger partial charge in [0.2, 0.25) is 0 Å². The molecule has 2 aromatic rings. The fourth-order valence-electron chi connectivity index (χ4n) is 1.62. The molecule has 0 atom stereocenters. The number of anilines is 2. The van der Waals surface area contributed by atoms with Gasteiger partial charge in [-0.1, -0.05) is 13.8 Å². The predicted molar refractivity (Wildman–Crippen MR) is 72.5 cm³/mol. The van der Waals surface area contributed by atoms with Crippen molar-refractivity contribution in [1.29, 1.82) is 0 Å². The molecule has 0 saturated carbocycles. The second-order valence-corrected chi connectivity index (χ2v) is 3.17. The van der Waals surface area contributed by atoms with Crippen LogP contribution in [0.4, 0.5) is 11.5 Å². The third kappa shape index (κ3) is 2.43. The highest BCUT2D eigenvalue weighted by Gasteiger charge is 2.10. The highest BCUT2D eigenvalue weighted by atomic mass is 15.0. The molecule has 0 aliphatic rings. The van der Waals surface area contributed by atoms with Gasteiger partial charge in [0.05, 0.1) is 11.4 Å². The van der Waals surface area contributed by atoms with E-state index in [0.29, 0.717) is 0 Å². The van der Waals surface area contributed by atoms with E-state index < -0.39 is 0 Å². The van der Waals surface area contributed by atoms with E-state index in [-0.39, 0.29) is 0 Å². The Kier molecular flexibility index (Phi) is 4.63.